The van der Waals surface area contributed by atoms with E-state index in [2.05, 4.69) is 10.6 Å². The molecule has 0 aromatic heterocycles. The first-order valence-electron chi connectivity index (χ1n) is 9.25. The summed E-state index contributed by atoms with van der Waals surface area (Å²) in [6, 6.07) is 12.2. The number of rotatable bonds is 10. The highest BCUT2D eigenvalue weighted by Crippen LogP contribution is 2.42. The Morgan fingerprint density at radius 1 is 1.10 bits per heavy atom. The first kappa shape index (κ1) is 23.1. The third kappa shape index (κ3) is 5.03. The highest BCUT2D eigenvalue weighted by Gasteiger charge is 2.26. The monoisotopic (exact) mass is 463 g/mol. The summed E-state index contributed by atoms with van der Waals surface area (Å²) in [5.41, 5.74) is 0.0173. The Hall–Kier alpha value is -2.56. The summed E-state index contributed by atoms with van der Waals surface area (Å²) in [7, 11) is 4.68. The molecule has 0 fully saturated rings. The number of phenolic OH excluding ortho intramolecular Hbond substituents is 1. The van der Waals surface area contributed by atoms with E-state index in [0.29, 0.717) is 16.5 Å². The minimum Gasteiger partial charge on any atom is -0.505 e. The van der Waals surface area contributed by atoms with Crippen molar-refractivity contribution in [3.63, 3.8) is 0 Å². The first-order chi connectivity index (χ1) is 14.9. The summed E-state index contributed by atoms with van der Waals surface area (Å²) < 4.78 is 6.67. The first-order valence-corrected chi connectivity index (χ1v) is 10.4. The van der Waals surface area contributed by atoms with Crippen molar-refractivity contribution < 1.29 is 14.7 Å². The second kappa shape index (κ2) is 10.2. The van der Waals surface area contributed by atoms with Crippen LogP contribution in [0.1, 0.15) is 11.6 Å². The molecule has 3 aromatic carbocycles. The molecule has 0 aliphatic carbocycles. The Morgan fingerprint density at radius 3 is 2.42 bits per heavy atom. The van der Waals surface area contributed by atoms with Gasteiger partial charge in [0.1, 0.15) is 11.4 Å². The van der Waals surface area contributed by atoms with Crippen molar-refractivity contribution in [3.05, 3.63) is 73.5 Å². The SMILES string of the molecule is COC[C@@H](Nc1c(Nc2ccc(Cl)c(SN(C)OC)c2O)c(=O)c1=O)c1ccccc1. The van der Waals surface area contributed by atoms with Crippen LogP contribution in [0.25, 0.3) is 0 Å². The van der Waals surface area contributed by atoms with E-state index in [9.17, 15) is 14.7 Å². The molecule has 1 atom stereocenters. The number of nitrogens with one attached hydrogen (secondary N) is 2. The van der Waals surface area contributed by atoms with Crippen molar-refractivity contribution in [2.75, 3.05) is 38.5 Å². The van der Waals surface area contributed by atoms with Gasteiger partial charge in [-0.2, -0.15) is 0 Å². The van der Waals surface area contributed by atoms with Gasteiger partial charge in [-0.05, 0) is 29.6 Å². The quantitative estimate of drug-likeness (QED) is 0.180. The van der Waals surface area contributed by atoms with Crippen LogP contribution in [0.3, 0.4) is 0 Å². The van der Waals surface area contributed by atoms with E-state index in [4.69, 9.17) is 21.2 Å². The standard InChI is InChI=1S/C21H22ClN3O5S/c1-25(30-3)31-21-13(22)9-10-14(18(21)26)23-16-17(20(28)19(16)27)24-15(11-29-2)12-7-5-4-6-8-12/h4-10,15,23-24,26H,11H2,1-3H3/t15-/m1/s1. The number of benzene rings is 2. The van der Waals surface area contributed by atoms with Crippen LogP contribution >= 0.6 is 23.5 Å². The Balaban J connectivity index is 1.90. The van der Waals surface area contributed by atoms with Gasteiger partial charge < -0.3 is 20.5 Å². The van der Waals surface area contributed by atoms with E-state index < -0.39 is 10.9 Å². The molecule has 0 unspecified atom stereocenters. The van der Waals surface area contributed by atoms with Gasteiger partial charge in [-0.25, -0.2) is 0 Å². The van der Waals surface area contributed by atoms with Crippen molar-refractivity contribution in [3.8, 4) is 5.75 Å². The maximum atomic E-state index is 12.3. The molecule has 3 N–H and O–H groups in total. The van der Waals surface area contributed by atoms with Gasteiger partial charge in [0.25, 0.3) is 10.9 Å². The molecular formula is C21H22ClN3O5S. The highest BCUT2D eigenvalue weighted by molar-refractivity contribution is 7.97. The molecule has 0 heterocycles. The van der Waals surface area contributed by atoms with Crippen LogP contribution in [0.4, 0.5) is 17.1 Å². The Bertz CT molecular complexity index is 1120. The molecule has 0 bridgehead atoms. The van der Waals surface area contributed by atoms with Crippen LogP contribution in [-0.2, 0) is 9.57 Å². The number of nitrogens with zero attached hydrogens (tertiary/aromatic N) is 1. The number of anilines is 3. The number of methoxy groups -OCH3 is 1. The minimum absolute atomic E-state index is 0.0655. The molecule has 0 aliphatic heterocycles. The lowest BCUT2D eigenvalue weighted by Gasteiger charge is -2.23. The fourth-order valence-corrected chi connectivity index (χ4v) is 3.87. The van der Waals surface area contributed by atoms with E-state index in [0.717, 1.165) is 17.5 Å². The number of phenols is 1. The topological polar surface area (TPSA) is 100 Å². The largest absolute Gasteiger partial charge is 0.505 e. The third-order valence-electron chi connectivity index (χ3n) is 4.58. The number of hydrogen-bond donors (Lipinski definition) is 3. The number of hydrogen-bond acceptors (Lipinski definition) is 9. The number of aromatic hydroxyl groups is 1. The van der Waals surface area contributed by atoms with Crippen LogP contribution < -0.4 is 21.5 Å². The zero-order chi connectivity index (χ0) is 22.5. The Labute approximate surface area is 188 Å². The predicted octanol–water partition coefficient (Wildman–Crippen LogP) is 3.69. The fraction of sp³-hybridized carbons (Fsp3) is 0.238. The van der Waals surface area contributed by atoms with Gasteiger partial charge in [0, 0.05) is 14.2 Å². The molecule has 3 rings (SSSR count). The van der Waals surface area contributed by atoms with Gasteiger partial charge in [-0.3, -0.25) is 14.4 Å². The molecule has 0 amide bonds. The van der Waals surface area contributed by atoms with Crippen molar-refractivity contribution in [1.82, 2.24) is 4.47 Å². The van der Waals surface area contributed by atoms with Crippen LogP contribution in [0.15, 0.2) is 56.9 Å². The molecular weight excluding hydrogens is 442 g/mol. The fourth-order valence-electron chi connectivity index (χ4n) is 2.93. The average Bonchev–Trinajstić information content (AvgIpc) is 2.79. The van der Waals surface area contributed by atoms with Crippen LogP contribution in [0, 0.1) is 0 Å². The molecule has 0 spiro atoms. The molecule has 164 valence electrons. The van der Waals surface area contributed by atoms with E-state index in [1.807, 2.05) is 30.3 Å². The van der Waals surface area contributed by atoms with Gasteiger partial charge in [0.15, 0.2) is 5.75 Å². The third-order valence-corrected chi connectivity index (χ3v) is 6.01. The van der Waals surface area contributed by atoms with Crippen molar-refractivity contribution in [2.45, 2.75) is 10.9 Å². The van der Waals surface area contributed by atoms with E-state index >= 15 is 0 Å². The molecule has 0 radical (unpaired) electrons. The second-order valence-corrected chi connectivity index (χ2v) is 8.09. The highest BCUT2D eigenvalue weighted by atomic mass is 35.5. The normalized spacial score (nSPS) is 12.3. The maximum Gasteiger partial charge on any atom is 0.253 e. The molecule has 10 heteroatoms. The summed E-state index contributed by atoms with van der Waals surface area (Å²) in [6.07, 6.45) is 0. The number of ether oxygens (including phenoxy) is 1. The van der Waals surface area contributed by atoms with Crippen LogP contribution in [0.2, 0.25) is 5.02 Å². The summed E-state index contributed by atoms with van der Waals surface area (Å²) in [5.74, 6) is -0.170. The Kier molecular flexibility index (Phi) is 7.58. The summed E-state index contributed by atoms with van der Waals surface area (Å²) >= 11 is 7.26. The van der Waals surface area contributed by atoms with E-state index in [1.54, 1.807) is 20.2 Å². The lowest BCUT2D eigenvalue weighted by atomic mass is 10.1. The predicted molar refractivity (Wildman–Crippen MR) is 123 cm³/mol. The smallest absolute Gasteiger partial charge is 0.253 e. The van der Waals surface area contributed by atoms with Gasteiger partial charge in [0.2, 0.25) is 0 Å². The van der Waals surface area contributed by atoms with E-state index in [1.165, 1.54) is 17.6 Å². The van der Waals surface area contributed by atoms with Crippen LogP contribution in [-0.4, -0.2) is 37.4 Å². The van der Waals surface area contributed by atoms with Gasteiger partial charge in [-0.15, -0.1) is 4.47 Å². The number of halogens is 1. The molecule has 0 aliphatic rings. The van der Waals surface area contributed by atoms with Gasteiger partial charge in [0.05, 0.1) is 35.4 Å². The van der Waals surface area contributed by atoms with Gasteiger partial charge in [-0.1, -0.05) is 41.9 Å². The zero-order valence-electron chi connectivity index (χ0n) is 17.1. The Morgan fingerprint density at radius 2 is 1.77 bits per heavy atom. The summed E-state index contributed by atoms with van der Waals surface area (Å²) in [5, 5.41) is 16.9. The molecule has 3 aromatic rings. The summed E-state index contributed by atoms with van der Waals surface area (Å²) in [6.45, 7) is 0.290. The van der Waals surface area contributed by atoms with E-state index in [-0.39, 0.29) is 28.9 Å². The lowest BCUT2D eigenvalue weighted by molar-refractivity contribution is -0.0146. The second-order valence-electron chi connectivity index (χ2n) is 6.58. The average molecular weight is 464 g/mol. The van der Waals surface area contributed by atoms with Gasteiger partial charge >= 0.3 is 0 Å². The summed E-state index contributed by atoms with van der Waals surface area (Å²) in [4.78, 5) is 29.9. The van der Waals surface area contributed by atoms with Crippen molar-refractivity contribution in [2.24, 2.45) is 0 Å². The minimum atomic E-state index is -0.677. The molecule has 0 saturated heterocycles. The van der Waals surface area contributed by atoms with Crippen molar-refractivity contribution in [1.29, 1.82) is 0 Å². The molecule has 0 saturated carbocycles. The number of hydroxylamine groups is 1. The molecule has 31 heavy (non-hydrogen) atoms. The maximum absolute atomic E-state index is 12.3. The molecule has 8 nitrogen and oxygen atoms in total. The van der Waals surface area contributed by atoms with Crippen molar-refractivity contribution >= 4 is 40.6 Å². The lowest BCUT2D eigenvalue weighted by Crippen LogP contribution is -2.38. The zero-order valence-corrected chi connectivity index (χ0v) is 18.7. The van der Waals surface area contributed by atoms with Crippen LogP contribution in [0.5, 0.6) is 5.75 Å².